The number of hydrogen-bond acceptors (Lipinski definition) is 4. The molecule has 1 aliphatic carbocycles. The van der Waals surface area contributed by atoms with E-state index >= 15 is 0 Å². The fraction of sp³-hybridized carbons (Fsp3) is 0.316. The first-order valence-electron chi connectivity index (χ1n) is 8.51. The van der Waals surface area contributed by atoms with Gasteiger partial charge in [0, 0.05) is 12.7 Å². The van der Waals surface area contributed by atoms with Gasteiger partial charge in [-0.2, -0.15) is 0 Å². The predicted octanol–water partition coefficient (Wildman–Crippen LogP) is 2.14. The Labute approximate surface area is 145 Å². The van der Waals surface area contributed by atoms with Crippen molar-refractivity contribution in [2.24, 2.45) is 5.92 Å². The number of carbonyl (C=O) groups is 1. The number of fused-ring (bicyclic) bond motifs is 1. The third-order valence-electron chi connectivity index (χ3n) is 4.75. The van der Waals surface area contributed by atoms with Crippen molar-refractivity contribution in [3.05, 3.63) is 66.1 Å². The van der Waals surface area contributed by atoms with Gasteiger partial charge in [-0.05, 0) is 36.5 Å². The summed E-state index contributed by atoms with van der Waals surface area (Å²) in [5.41, 5.74) is 2.33. The second-order valence-electron chi connectivity index (χ2n) is 6.52. The van der Waals surface area contributed by atoms with Gasteiger partial charge in [0.25, 0.3) is 5.91 Å². The second-order valence-corrected chi connectivity index (χ2v) is 6.52. The summed E-state index contributed by atoms with van der Waals surface area (Å²) in [7, 11) is 0. The molecule has 3 aromatic rings. The molecule has 1 unspecified atom stereocenters. The van der Waals surface area contributed by atoms with Gasteiger partial charge in [0.2, 0.25) is 0 Å². The van der Waals surface area contributed by atoms with Gasteiger partial charge in [0.1, 0.15) is 6.33 Å². The Morgan fingerprint density at radius 1 is 1.24 bits per heavy atom. The lowest BCUT2D eigenvalue weighted by Gasteiger charge is -2.31. The van der Waals surface area contributed by atoms with Gasteiger partial charge in [0.05, 0.1) is 18.2 Å². The van der Waals surface area contributed by atoms with Crippen LogP contribution in [-0.4, -0.2) is 43.2 Å². The second kappa shape index (κ2) is 6.64. The number of pyridine rings is 1. The van der Waals surface area contributed by atoms with Crippen LogP contribution < -0.4 is 0 Å². The molecule has 25 heavy (non-hydrogen) atoms. The summed E-state index contributed by atoms with van der Waals surface area (Å²) >= 11 is 0. The highest BCUT2D eigenvalue weighted by Gasteiger charge is 2.37. The third kappa shape index (κ3) is 3.25. The number of aliphatic hydroxyl groups is 1. The number of hydrogen-bond donors (Lipinski definition) is 1. The molecule has 0 bridgehead atoms. The molecule has 2 heterocycles. The standard InChI is InChI=1S/C19H20N4O2/c24-12-17(15-6-7-15)23(10-14-4-2-1-3-5-14)19(25)16-8-9-18-21-20-13-22(18)11-16/h1-5,8-9,11,13,15,17,24H,6-7,10,12H2. The van der Waals surface area contributed by atoms with Crippen molar-refractivity contribution < 1.29 is 9.90 Å². The average Bonchev–Trinajstić information content (AvgIpc) is 3.37. The van der Waals surface area contributed by atoms with E-state index in [0.717, 1.165) is 18.4 Å². The zero-order valence-corrected chi connectivity index (χ0v) is 13.8. The van der Waals surface area contributed by atoms with Crippen molar-refractivity contribution in [2.45, 2.75) is 25.4 Å². The van der Waals surface area contributed by atoms with Crippen molar-refractivity contribution >= 4 is 11.6 Å². The number of nitrogens with zero attached hydrogens (tertiary/aromatic N) is 4. The van der Waals surface area contributed by atoms with Gasteiger partial charge in [-0.25, -0.2) is 0 Å². The van der Waals surface area contributed by atoms with E-state index in [9.17, 15) is 9.90 Å². The van der Waals surface area contributed by atoms with E-state index in [2.05, 4.69) is 10.2 Å². The summed E-state index contributed by atoms with van der Waals surface area (Å²) < 4.78 is 1.74. The fourth-order valence-corrected chi connectivity index (χ4v) is 3.22. The van der Waals surface area contributed by atoms with Crippen LogP contribution in [0.15, 0.2) is 55.0 Å². The number of amides is 1. The van der Waals surface area contributed by atoms with Gasteiger partial charge < -0.3 is 10.0 Å². The fourth-order valence-electron chi connectivity index (χ4n) is 3.22. The Morgan fingerprint density at radius 3 is 2.76 bits per heavy atom. The van der Waals surface area contributed by atoms with E-state index in [0.29, 0.717) is 23.7 Å². The Kier molecular flexibility index (Phi) is 4.19. The van der Waals surface area contributed by atoms with Gasteiger partial charge in [-0.1, -0.05) is 30.3 Å². The van der Waals surface area contributed by atoms with Gasteiger partial charge >= 0.3 is 0 Å². The van der Waals surface area contributed by atoms with E-state index in [1.165, 1.54) is 0 Å². The summed E-state index contributed by atoms with van der Waals surface area (Å²) in [6, 6.07) is 13.3. The molecule has 1 saturated carbocycles. The molecule has 1 amide bonds. The quantitative estimate of drug-likeness (QED) is 0.749. The van der Waals surface area contributed by atoms with Crippen molar-refractivity contribution in [3.63, 3.8) is 0 Å². The van der Waals surface area contributed by atoms with Gasteiger partial charge in [-0.3, -0.25) is 9.20 Å². The predicted molar refractivity (Wildman–Crippen MR) is 92.9 cm³/mol. The van der Waals surface area contributed by atoms with Crippen molar-refractivity contribution in [1.82, 2.24) is 19.5 Å². The first-order valence-corrected chi connectivity index (χ1v) is 8.51. The topological polar surface area (TPSA) is 70.7 Å². The smallest absolute Gasteiger partial charge is 0.255 e. The van der Waals surface area contributed by atoms with Crippen molar-refractivity contribution in [3.8, 4) is 0 Å². The monoisotopic (exact) mass is 336 g/mol. The normalized spacial score (nSPS) is 15.2. The molecule has 4 rings (SSSR count). The average molecular weight is 336 g/mol. The van der Waals surface area contributed by atoms with E-state index in [1.807, 2.05) is 30.3 Å². The molecule has 0 saturated heterocycles. The van der Waals surface area contributed by atoms with Crippen LogP contribution in [0.4, 0.5) is 0 Å². The van der Waals surface area contributed by atoms with E-state index < -0.39 is 0 Å². The lowest BCUT2D eigenvalue weighted by molar-refractivity contribution is 0.0530. The van der Waals surface area contributed by atoms with E-state index in [1.54, 1.807) is 34.0 Å². The van der Waals surface area contributed by atoms with Crippen LogP contribution in [0.25, 0.3) is 5.65 Å². The highest BCUT2D eigenvalue weighted by Crippen LogP contribution is 2.36. The van der Waals surface area contributed by atoms with E-state index in [-0.39, 0.29) is 18.6 Å². The zero-order valence-electron chi connectivity index (χ0n) is 13.8. The van der Waals surface area contributed by atoms with Crippen LogP contribution in [0.3, 0.4) is 0 Å². The van der Waals surface area contributed by atoms with Crippen LogP contribution in [0.5, 0.6) is 0 Å². The van der Waals surface area contributed by atoms with Gasteiger partial charge in [0.15, 0.2) is 5.65 Å². The Morgan fingerprint density at radius 2 is 2.04 bits per heavy atom. The summed E-state index contributed by atoms with van der Waals surface area (Å²) in [6.45, 7) is 0.472. The molecule has 6 nitrogen and oxygen atoms in total. The molecular weight excluding hydrogens is 316 g/mol. The number of carbonyl (C=O) groups excluding carboxylic acids is 1. The molecule has 1 N–H and O–H groups in total. The van der Waals surface area contributed by atoms with Crippen LogP contribution >= 0.6 is 0 Å². The highest BCUT2D eigenvalue weighted by molar-refractivity contribution is 5.94. The summed E-state index contributed by atoms with van der Waals surface area (Å²) in [4.78, 5) is 15.0. The molecule has 2 aromatic heterocycles. The molecular formula is C19H20N4O2. The van der Waals surface area contributed by atoms with Crippen LogP contribution in [0, 0.1) is 5.92 Å². The molecule has 1 aromatic carbocycles. The minimum atomic E-state index is -0.149. The van der Waals surface area contributed by atoms with Gasteiger partial charge in [-0.15, -0.1) is 10.2 Å². The van der Waals surface area contributed by atoms with Crippen molar-refractivity contribution in [2.75, 3.05) is 6.61 Å². The molecule has 0 aliphatic heterocycles. The SMILES string of the molecule is O=C(c1ccc2nncn2c1)N(Cc1ccccc1)C(CO)C1CC1. The molecule has 0 radical (unpaired) electrons. The number of benzene rings is 1. The number of aromatic nitrogens is 3. The Bertz CT molecular complexity index is 873. The largest absolute Gasteiger partial charge is 0.394 e. The first-order chi connectivity index (χ1) is 12.3. The molecule has 0 spiro atoms. The molecule has 1 aliphatic rings. The molecule has 6 heteroatoms. The number of aliphatic hydroxyl groups excluding tert-OH is 1. The lowest BCUT2D eigenvalue weighted by Crippen LogP contribution is -2.43. The van der Waals surface area contributed by atoms with E-state index in [4.69, 9.17) is 0 Å². The highest BCUT2D eigenvalue weighted by atomic mass is 16.3. The van der Waals surface area contributed by atoms with Crippen LogP contribution in [0.1, 0.15) is 28.8 Å². The Balaban J connectivity index is 1.66. The zero-order chi connectivity index (χ0) is 17.2. The maximum atomic E-state index is 13.2. The summed E-state index contributed by atoms with van der Waals surface area (Å²) in [6.07, 6.45) is 5.46. The minimum Gasteiger partial charge on any atom is -0.394 e. The Hall–Kier alpha value is -2.73. The molecule has 128 valence electrons. The maximum absolute atomic E-state index is 13.2. The summed E-state index contributed by atoms with van der Waals surface area (Å²) in [5, 5.41) is 17.7. The summed E-state index contributed by atoms with van der Waals surface area (Å²) in [5.74, 6) is 0.307. The lowest BCUT2D eigenvalue weighted by atomic mass is 10.1. The van der Waals surface area contributed by atoms with Crippen LogP contribution in [0.2, 0.25) is 0 Å². The molecule has 1 atom stereocenters. The van der Waals surface area contributed by atoms with Crippen LogP contribution in [-0.2, 0) is 6.54 Å². The number of rotatable bonds is 6. The molecule has 1 fully saturated rings. The van der Waals surface area contributed by atoms with Crippen molar-refractivity contribution in [1.29, 1.82) is 0 Å². The minimum absolute atomic E-state index is 0.0158. The third-order valence-corrected chi connectivity index (χ3v) is 4.75. The maximum Gasteiger partial charge on any atom is 0.255 e. The first kappa shape index (κ1) is 15.8.